The Kier molecular flexibility index (Phi) is 4.51. The average Bonchev–Trinajstić information content (AvgIpc) is 3.58. The van der Waals surface area contributed by atoms with E-state index in [2.05, 4.69) is 5.32 Å². The molecule has 2 aromatic rings. The van der Waals surface area contributed by atoms with Gasteiger partial charge in [0.1, 0.15) is 0 Å². The predicted molar refractivity (Wildman–Crippen MR) is 107 cm³/mol. The highest BCUT2D eigenvalue weighted by atomic mass is 16.2. The van der Waals surface area contributed by atoms with E-state index in [9.17, 15) is 9.59 Å². The molecule has 3 fully saturated rings. The number of carbonyl (C=O) groups is 2. The van der Waals surface area contributed by atoms with E-state index in [1.807, 2.05) is 40.1 Å². The van der Waals surface area contributed by atoms with E-state index in [0.717, 1.165) is 67.5 Å². The number of hydrogen-bond acceptors (Lipinski definition) is 4. The van der Waals surface area contributed by atoms with Crippen LogP contribution in [0.4, 0.5) is 0 Å². The molecule has 1 aromatic carbocycles. The topological polar surface area (TPSA) is 65.5 Å². The molecule has 2 aliphatic heterocycles. The van der Waals surface area contributed by atoms with E-state index >= 15 is 0 Å². The van der Waals surface area contributed by atoms with Crippen molar-refractivity contribution in [3.05, 3.63) is 41.6 Å². The molecule has 5 rings (SSSR count). The largest absolute Gasteiger partial charge is 0.337 e. The second-order valence-electron chi connectivity index (χ2n) is 8.20. The van der Waals surface area contributed by atoms with Gasteiger partial charge in [0.05, 0.1) is 17.6 Å². The number of benzene rings is 1. The number of likely N-dealkylation sites (tertiary alicyclic amines) is 1. The fraction of sp³-hybridized carbons (Fsp3) is 0.500. The summed E-state index contributed by atoms with van der Waals surface area (Å²) in [4.78, 5) is 34.5. The van der Waals surface area contributed by atoms with Crippen LogP contribution < -0.4 is 5.32 Å². The Morgan fingerprint density at radius 3 is 2.82 bits per heavy atom. The third-order valence-corrected chi connectivity index (χ3v) is 6.21. The molecule has 2 saturated heterocycles. The molecule has 6 nitrogen and oxygen atoms in total. The maximum atomic E-state index is 13.5. The number of fused-ring (bicyclic) bond motifs is 1. The minimum absolute atomic E-state index is 0.0767. The smallest absolute Gasteiger partial charge is 0.254 e. The highest BCUT2D eigenvalue weighted by Gasteiger charge is 2.33. The summed E-state index contributed by atoms with van der Waals surface area (Å²) in [6, 6.07) is 10.1. The van der Waals surface area contributed by atoms with E-state index in [4.69, 9.17) is 4.98 Å². The first-order valence-electron chi connectivity index (χ1n) is 10.4. The lowest BCUT2D eigenvalue weighted by atomic mass is 10.00. The summed E-state index contributed by atoms with van der Waals surface area (Å²) in [6.45, 7) is 3.35. The Labute approximate surface area is 164 Å². The van der Waals surface area contributed by atoms with Crippen LogP contribution in [0.2, 0.25) is 0 Å². The van der Waals surface area contributed by atoms with Gasteiger partial charge in [-0.2, -0.15) is 0 Å². The lowest BCUT2D eigenvalue weighted by Crippen LogP contribution is -2.57. The van der Waals surface area contributed by atoms with E-state index in [0.29, 0.717) is 19.0 Å². The fourth-order valence-corrected chi connectivity index (χ4v) is 4.53. The molecule has 1 N–H and O–H groups in total. The van der Waals surface area contributed by atoms with Crippen LogP contribution in [0.3, 0.4) is 0 Å². The number of carbonyl (C=O) groups excluding carboxylic acids is 2. The first-order chi connectivity index (χ1) is 13.7. The summed E-state index contributed by atoms with van der Waals surface area (Å²) in [5, 5.41) is 4.06. The van der Waals surface area contributed by atoms with Crippen LogP contribution in [-0.2, 0) is 4.79 Å². The minimum Gasteiger partial charge on any atom is -0.337 e. The van der Waals surface area contributed by atoms with Crippen molar-refractivity contribution in [2.24, 2.45) is 0 Å². The van der Waals surface area contributed by atoms with Crippen molar-refractivity contribution in [3.63, 3.8) is 0 Å². The molecule has 146 valence electrons. The van der Waals surface area contributed by atoms with Crippen molar-refractivity contribution in [3.8, 4) is 0 Å². The number of aromatic nitrogens is 1. The molecule has 28 heavy (non-hydrogen) atoms. The monoisotopic (exact) mass is 378 g/mol. The molecule has 6 heteroatoms. The van der Waals surface area contributed by atoms with Gasteiger partial charge in [0.25, 0.3) is 5.91 Å². The van der Waals surface area contributed by atoms with Crippen LogP contribution in [0.5, 0.6) is 0 Å². The number of piperazine rings is 1. The summed E-state index contributed by atoms with van der Waals surface area (Å²) in [5.74, 6) is 0.729. The van der Waals surface area contributed by atoms with Crippen LogP contribution >= 0.6 is 0 Å². The van der Waals surface area contributed by atoms with Gasteiger partial charge < -0.3 is 15.1 Å². The second kappa shape index (κ2) is 7.17. The van der Waals surface area contributed by atoms with E-state index in [1.165, 1.54) is 0 Å². The van der Waals surface area contributed by atoms with Gasteiger partial charge in [-0.05, 0) is 37.8 Å². The number of hydrogen-bond donors (Lipinski definition) is 1. The zero-order chi connectivity index (χ0) is 19.1. The first kappa shape index (κ1) is 17.6. The first-order valence-corrected chi connectivity index (χ1v) is 10.4. The number of para-hydroxylation sites is 1. The molecule has 1 atom stereocenters. The van der Waals surface area contributed by atoms with Gasteiger partial charge in [0.2, 0.25) is 5.91 Å². The molecule has 3 heterocycles. The summed E-state index contributed by atoms with van der Waals surface area (Å²) in [7, 11) is 0. The average molecular weight is 378 g/mol. The Balaban J connectivity index is 1.43. The SMILES string of the molecule is O=C(c1cc(C2CC2)nc2ccccc12)N1CCCC(N2CCNCC2=O)C1. The molecule has 1 unspecified atom stereocenters. The molecule has 1 aliphatic carbocycles. The molecular formula is C22H26N4O2. The van der Waals surface area contributed by atoms with Crippen molar-refractivity contribution < 1.29 is 9.59 Å². The fourth-order valence-electron chi connectivity index (χ4n) is 4.53. The Morgan fingerprint density at radius 2 is 2.00 bits per heavy atom. The van der Waals surface area contributed by atoms with Gasteiger partial charge in [-0.25, -0.2) is 0 Å². The lowest BCUT2D eigenvalue weighted by Gasteiger charge is -2.41. The number of nitrogens with one attached hydrogen (secondary N) is 1. The molecule has 1 aromatic heterocycles. The minimum atomic E-state index is 0.0767. The van der Waals surface area contributed by atoms with E-state index in [1.54, 1.807) is 0 Å². The molecule has 2 amide bonds. The van der Waals surface area contributed by atoms with Crippen LogP contribution in [0.15, 0.2) is 30.3 Å². The van der Waals surface area contributed by atoms with Crippen LogP contribution in [0.1, 0.15) is 47.7 Å². The highest BCUT2D eigenvalue weighted by Crippen LogP contribution is 2.40. The zero-order valence-electron chi connectivity index (χ0n) is 16.1. The number of nitrogens with zero attached hydrogens (tertiary/aromatic N) is 3. The molecule has 3 aliphatic rings. The van der Waals surface area contributed by atoms with E-state index < -0.39 is 0 Å². The quantitative estimate of drug-likeness (QED) is 0.889. The maximum Gasteiger partial charge on any atom is 0.254 e. The summed E-state index contributed by atoms with van der Waals surface area (Å²) in [5.41, 5.74) is 2.72. The highest BCUT2D eigenvalue weighted by molar-refractivity contribution is 6.06. The third-order valence-electron chi connectivity index (χ3n) is 6.21. The molecular weight excluding hydrogens is 352 g/mol. The predicted octanol–water partition coefficient (Wildman–Crippen LogP) is 2.15. The zero-order valence-corrected chi connectivity index (χ0v) is 16.1. The van der Waals surface area contributed by atoms with E-state index in [-0.39, 0.29) is 17.9 Å². The second-order valence-corrected chi connectivity index (χ2v) is 8.20. The number of amides is 2. The van der Waals surface area contributed by atoms with Gasteiger partial charge in [-0.15, -0.1) is 0 Å². The van der Waals surface area contributed by atoms with Gasteiger partial charge in [-0.3, -0.25) is 14.6 Å². The number of piperidine rings is 1. The molecule has 0 radical (unpaired) electrons. The van der Waals surface area contributed by atoms with Crippen molar-refractivity contribution >= 4 is 22.7 Å². The molecule has 0 bridgehead atoms. The summed E-state index contributed by atoms with van der Waals surface area (Å²) < 4.78 is 0. The third kappa shape index (κ3) is 3.26. The number of pyridine rings is 1. The number of rotatable bonds is 3. The van der Waals surface area contributed by atoms with Gasteiger partial charge >= 0.3 is 0 Å². The maximum absolute atomic E-state index is 13.5. The Morgan fingerprint density at radius 1 is 1.14 bits per heavy atom. The van der Waals surface area contributed by atoms with Crippen LogP contribution in [-0.4, -0.2) is 65.4 Å². The van der Waals surface area contributed by atoms with Crippen molar-refractivity contribution in [2.45, 2.75) is 37.6 Å². The van der Waals surface area contributed by atoms with Crippen molar-refractivity contribution in [1.82, 2.24) is 20.1 Å². The van der Waals surface area contributed by atoms with Crippen molar-refractivity contribution in [2.75, 3.05) is 32.7 Å². The van der Waals surface area contributed by atoms with Crippen LogP contribution in [0.25, 0.3) is 10.9 Å². The normalized spacial score (nSPS) is 23.3. The Bertz CT molecular complexity index is 924. The lowest BCUT2D eigenvalue weighted by molar-refractivity contribution is -0.135. The molecule has 0 spiro atoms. The Hall–Kier alpha value is -2.47. The standard InChI is InChI=1S/C22H26N4O2/c27-21-13-23-9-11-26(21)16-4-3-10-25(14-16)22(28)18-12-20(15-7-8-15)24-19-6-2-1-5-17(18)19/h1-2,5-6,12,15-16,23H,3-4,7-11,13-14H2. The van der Waals surface area contributed by atoms with Gasteiger partial charge in [0.15, 0.2) is 0 Å². The summed E-state index contributed by atoms with van der Waals surface area (Å²) >= 11 is 0. The van der Waals surface area contributed by atoms with Gasteiger partial charge in [0, 0.05) is 49.2 Å². The molecule has 1 saturated carbocycles. The van der Waals surface area contributed by atoms with Gasteiger partial charge in [-0.1, -0.05) is 18.2 Å². The van der Waals surface area contributed by atoms with Crippen molar-refractivity contribution in [1.29, 1.82) is 0 Å². The van der Waals surface area contributed by atoms with Crippen LogP contribution in [0, 0.1) is 0 Å². The summed E-state index contributed by atoms with van der Waals surface area (Å²) in [6.07, 6.45) is 4.23.